The second-order valence-corrected chi connectivity index (χ2v) is 5.04. The zero-order valence-corrected chi connectivity index (χ0v) is 11.2. The summed E-state index contributed by atoms with van der Waals surface area (Å²) in [7, 11) is 0. The second kappa shape index (κ2) is 5.61. The van der Waals surface area contributed by atoms with Gasteiger partial charge in [0.1, 0.15) is 6.23 Å². The molecular weight excluding hydrogens is 337 g/mol. The summed E-state index contributed by atoms with van der Waals surface area (Å²) in [5.41, 5.74) is 0.785. The van der Waals surface area contributed by atoms with Crippen LogP contribution in [0, 0.1) is 10.1 Å². The maximum Gasteiger partial charge on any atom is 0.271 e. The topological polar surface area (TPSA) is 67.6 Å². The maximum absolute atomic E-state index is 10.6. The molecule has 6 nitrogen and oxygen atoms in total. The number of benzene rings is 1. The molecule has 92 valence electrons. The van der Waals surface area contributed by atoms with Crippen LogP contribution in [-0.2, 0) is 4.74 Å². The summed E-state index contributed by atoms with van der Waals surface area (Å²) in [5, 5.41) is 13.8. The zero-order chi connectivity index (χ0) is 12.3. The number of morpholine rings is 1. The Morgan fingerprint density at radius 2 is 2.41 bits per heavy atom. The molecule has 1 atom stereocenters. The molecule has 1 N–H and O–H groups in total. The van der Waals surface area contributed by atoms with Crippen LogP contribution in [0.3, 0.4) is 0 Å². The Morgan fingerprint density at radius 3 is 3.12 bits per heavy atom. The standard InChI is InChI=1S/C10H12IN3O3/c11-13-4-5-17-10(7-13)12-8-2-1-3-9(6-8)14(15)16/h1-3,6,10,12H,4-5,7H2. The molecule has 0 aliphatic carbocycles. The molecule has 1 aliphatic rings. The molecule has 1 aliphatic heterocycles. The van der Waals surface area contributed by atoms with Crippen molar-refractivity contribution < 1.29 is 9.66 Å². The normalized spacial score (nSPS) is 21.1. The molecule has 1 fully saturated rings. The first-order valence-corrected chi connectivity index (χ1v) is 6.15. The average Bonchev–Trinajstić information content (AvgIpc) is 2.29. The summed E-state index contributed by atoms with van der Waals surface area (Å²) in [6.07, 6.45) is -0.123. The SMILES string of the molecule is O=[N+]([O-])c1cccc(NC2CN(I)CCO2)c1. The van der Waals surface area contributed by atoms with Crippen molar-refractivity contribution in [1.82, 2.24) is 3.11 Å². The van der Waals surface area contributed by atoms with Crippen LogP contribution < -0.4 is 5.32 Å². The third-order valence-electron chi connectivity index (χ3n) is 2.40. The van der Waals surface area contributed by atoms with Gasteiger partial charge in [-0.2, -0.15) is 0 Å². The molecule has 0 aromatic heterocycles. The van der Waals surface area contributed by atoms with E-state index in [1.807, 2.05) is 0 Å². The first kappa shape index (κ1) is 12.5. The Morgan fingerprint density at radius 1 is 1.59 bits per heavy atom. The van der Waals surface area contributed by atoms with Crippen LogP contribution in [0.4, 0.5) is 11.4 Å². The average molecular weight is 349 g/mol. The number of non-ortho nitro benzene ring substituents is 1. The van der Waals surface area contributed by atoms with Gasteiger partial charge >= 0.3 is 0 Å². The number of hydrogen-bond donors (Lipinski definition) is 1. The van der Waals surface area contributed by atoms with Gasteiger partial charge in [-0.3, -0.25) is 10.1 Å². The lowest BCUT2D eigenvalue weighted by atomic mass is 10.2. The van der Waals surface area contributed by atoms with Crippen molar-refractivity contribution in [1.29, 1.82) is 0 Å². The van der Waals surface area contributed by atoms with Crippen LogP contribution in [0.5, 0.6) is 0 Å². The number of hydrogen-bond acceptors (Lipinski definition) is 5. The summed E-state index contributed by atoms with van der Waals surface area (Å²) in [5.74, 6) is 0. The Labute approximate surface area is 113 Å². The number of ether oxygens (including phenoxy) is 1. The minimum absolute atomic E-state index is 0.0807. The molecule has 1 aromatic carbocycles. The predicted octanol–water partition coefficient (Wildman–Crippen LogP) is 2.01. The minimum atomic E-state index is -0.405. The summed E-state index contributed by atoms with van der Waals surface area (Å²) in [6.45, 7) is 2.31. The fourth-order valence-corrected chi connectivity index (χ4v) is 2.16. The predicted molar refractivity (Wildman–Crippen MR) is 72.1 cm³/mol. The highest BCUT2D eigenvalue weighted by atomic mass is 127. The largest absolute Gasteiger partial charge is 0.359 e. The van der Waals surface area contributed by atoms with E-state index in [1.54, 1.807) is 12.1 Å². The lowest BCUT2D eigenvalue weighted by Crippen LogP contribution is -2.41. The first-order valence-electron chi connectivity index (χ1n) is 5.18. The molecule has 0 amide bonds. The van der Waals surface area contributed by atoms with Crippen molar-refractivity contribution in [3.63, 3.8) is 0 Å². The van der Waals surface area contributed by atoms with E-state index in [0.717, 1.165) is 13.1 Å². The minimum Gasteiger partial charge on any atom is -0.359 e. The number of nitro benzene ring substituents is 1. The molecule has 0 radical (unpaired) electrons. The fourth-order valence-electron chi connectivity index (χ4n) is 1.60. The van der Waals surface area contributed by atoms with Crippen LogP contribution in [0.25, 0.3) is 0 Å². The van der Waals surface area contributed by atoms with E-state index >= 15 is 0 Å². The molecule has 2 rings (SSSR count). The van der Waals surface area contributed by atoms with Gasteiger partial charge in [-0.15, -0.1) is 0 Å². The van der Waals surface area contributed by atoms with Crippen molar-refractivity contribution in [2.45, 2.75) is 6.23 Å². The van der Waals surface area contributed by atoms with Crippen LogP contribution in [0.2, 0.25) is 0 Å². The third-order valence-corrected chi connectivity index (χ3v) is 3.28. The van der Waals surface area contributed by atoms with Crippen LogP contribution in [-0.4, -0.2) is 34.0 Å². The van der Waals surface area contributed by atoms with E-state index in [4.69, 9.17) is 4.74 Å². The molecule has 1 unspecified atom stereocenters. The van der Waals surface area contributed by atoms with Crippen LogP contribution >= 0.6 is 22.9 Å². The van der Waals surface area contributed by atoms with Crippen molar-refractivity contribution in [2.24, 2.45) is 0 Å². The van der Waals surface area contributed by atoms with E-state index in [9.17, 15) is 10.1 Å². The summed E-state index contributed by atoms with van der Waals surface area (Å²) < 4.78 is 7.65. The quantitative estimate of drug-likeness (QED) is 0.391. The van der Waals surface area contributed by atoms with Gasteiger partial charge in [0.25, 0.3) is 5.69 Å². The molecule has 0 bridgehead atoms. The van der Waals surface area contributed by atoms with Crippen LogP contribution in [0.15, 0.2) is 24.3 Å². The Bertz CT molecular complexity index is 416. The van der Waals surface area contributed by atoms with E-state index in [-0.39, 0.29) is 11.9 Å². The highest BCUT2D eigenvalue weighted by Gasteiger charge is 2.18. The summed E-state index contributed by atoms with van der Waals surface area (Å²) in [6, 6.07) is 6.43. The molecule has 1 aromatic rings. The van der Waals surface area contributed by atoms with Gasteiger partial charge in [0.2, 0.25) is 0 Å². The van der Waals surface area contributed by atoms with E-state index < -0.39 is 4.92 Å². The van der Waals surface area contributed by atoms with Crippen molar-refractivity contribution >= 4 is 34.2 Å². The maximum atomic E-state index is 10.6. The highest BCUT2D eigenvalue weighted by molar-refractivity contribution is 14.1. The molecule has 0 saturated carbocycles. The molecular formula is C10H12IN3O3. The number of anilines is 1. The second-order valence-electron chi connectivity index (χ2n) is 3.68. The highest BCUT2D eigenvalue weighted by Crippen LogP contribution is 2.19. The third kappa shape index (κ3) is 3.51. The Kier molecular flexibility index (Phi) is 4.13. The first-order chi connectivity index (χ1) is 8.15. The van der Waals surface area contributed by atoms with Gasteiger partial charge in [0.05, 0.1) is 18.1 Å². The summed E-state index contributed by atoms with van der Waals surface area (Å²) >= 11 is 2.24. The molecule has 1 heterocycles. The van der Waals surface area contributed by atoms with Crippen molar-refractivity contribution in [3.05, 3.63) is 34.4 Å². The van der Waals surface area contributed by atoms with Crippen molar-refractivity contribution in [3.8, 4) is 0 Å². The molecule has 7 heteroatoms. The van der Waals surface area contributed by atoms with Crippen LogP contribution in [0.1, 0.15) is 0 Å². The fraction of sp³-hybridized carbons (Fsp3) is 0.400. The van der Waals surface area contributed by atoms with Gasteiger partial charge in [0, 0.05) is 47.2 Å². The lowest BCUT2D eigenvalue weighted by molar-refractivity contribution is -0.384. The Balaban J connectivity index is 2.02. The Hall–Kier alpha value is -0.930. The van der Waals surface area contributed by atoms with E-state index in [2.05, 4.69) is 31.3 Å². The molecule has 17 heavy (non-hydrogen) atoms. The van der Waals surface area contributed by atoms with E-state index in [0.29, 0.717) is 12.3 Å². The number of rotatable bonds is 3. The number of nitro groups is 1. The van der Waals surface area contributed by atoms with Gasteiger partial charge in [-0.05, 0) is 6.07 Å². The number of halogens is 1. The van der Waals surface area contributed by atoms with Crippen molar-refractivity contribution in [2.75, 3.05) is 25.0 Å². The van der Waals surface area contributed by atoms with Gasteiger partial charge in [-0.1, -0.05) is 6.07 Å². The van der Waals surface area contributed by atoms with E-state index in [1.165, 1.54) is 12.1 Å². The van der Waals surface area contributed by atoms with Gasteiger partial charge < -0.3 is 10.1 Å². The monoisotopic (exact) mass is 349 g/mol. The molecule has 0 spiro atoms. The zero-order valence-electron chi connectivity index (χ0n) is 9.01. The van der Waals surface area contributed by atoms with Gasteiger partial charge in [0.15, 0.2) is 0 Å². The summed E-state index contributed by atoms with van der Waals surface area (Å²) in [4.78, 5) is 10.2. The van der Waals surface area contributed by atoms with Gasteiger partial charge in [-0.25, -0.2) is 3.11 Å². The number of nitrogens with one attached hydrogen (secondary N) is 1. The number of nitrogens with zero attached hydrogens (tertiary/aromatic N) is 2. The lowest BCUT2D eigenvalue weighted by Gasteiger charge is -2.29. The smallest absolute Gasteiger partial charge is 0.271 e. The molecule has 1 saturated heterocycles.